The summed E-state index contributed by atoms with van der Waals surface area (Å²) in [7, 11) is -1.06. The van der Waals surface area contributed by atoms with Gasteiger partial charge in [-0.1, -0.05) is 19.9 Å². The fraction of sp³-hybridized carbons (Fsp3) is 0.350. The van der Waals surface area contributed by atoms with Crippen molar-refractivity contribution in [2.24, 2.45) is 5.92 Å². The minimum Gasteiger partial charge on any atom is -0.458 e. The molecule has 0 saturated carbocycles. The fourth-order valence-corrected chi connectivity index (χ4v) is 3.20. The molecule has 2 aromatic rings. The Bertz CT molecular complexity index is 920. The highest BCUT2D eigenvalue weighted by Gasteiger charge is 2.32. The standard InChI is InChI=1S/C20H22BFN2O5/c1-11(2)18(20(26)28-10-15-6-5-14(22)8-23-15)24-19(25)16-7-4-13-9-29-21(27)17(13)12(16)3/h4-8,11,18,27H,9-10H2,1-3H3,(H,24,25)/t18-/m0/s1. The molecular weight excluding hydrogens is 378 g/mol. The molecule has 0 fully saturated rings. The molecule has 7 nitrogen and oxygen atoms in total. The molecule has 2 heterocycles. The van der Waals surface area contributed by atoms with Crippen molar-refractivity contribution in [3.05, 3.63) is 58.7 Å². The average molecular weight is 400 g/mol. The first-order valence-corrected chi connectivity index (χ1v) is 9.28. The lowest BCUT2D eigenvalue weighted by Crippen LogP contribution is -2.46. The number of amides is 1. The highest BCUT2D eigenvalue weighted by atomic mass is 19.1. The number of carbonyl (C=O) groups is 2. The molecular formula is C20H22BFN2O5. The average Bonchev–Trinajstić information content (AvgIpc) is 3.07. The van der Waals surface area contributed by atoms with Crippen LogP contribution in [0.1, 0.15) is 41.0 Å². The Kier molecular flexibility index (Phi) is 6.29. The third kappa shape index (κ3) is 4.63. The molecule has 9 heteroatoms. The van der Waals surface area contributed by atoms with E-state index in [0.717, 1.165) is 11.8 Å². The maximum atomic E-state index is 12.9. The van der Waals surface area contributed by atoms with Gasteiger partial charge in [-0.05, 0) is 47.6 Å². The van der Waals surface area contributed by atoms with Gasteiger partial charge in [-0.2, -0.15) is 0 Å². The number of rotatable bonds is 6. The van der Waals surface area contributed by atoms with Crippen molar-refractivity contribution in [2.75, 3.05) is 0 Å². The van der Waals surface area contributed by atoms with Crippen LogP contribution in [0.5, 0.6) is 0 Å². The van der Waals surface area contributed by atoms with E-state index in [9.17, 15) is 19.0 Å². The Balaban J connectivity index is 1.70. The topological polar surface area (TPSA) is 97.8 Å². The first-order valence-electron chi connectivity index (χ1n) is 9.28. The predicted octanol–water partition coefficient (Wildman–Crippen LogP) is 1.24. The zero-order valence-corrected chi connectivity index (χ0v) is 16.4. The van der Waals surface area contributed by atoms with Crippen LogP contribution in [0.15, 0.2) is 30.5 Å². The third-order valence-corrected chi connectivity index (χ3v) is 4.85. The summed E-state index contributed by atoms with van der Waals surface area (Å²) in [6.07, 6.45) is 1.04. The summed E-state index contributed by atoms with van der Waals surface area (Å²) >= 11 is 0. The molecule has 0 unspecified atom stereocenters. The van der Waals surface area contributed by atoms with Crippen molar-refractivity contribution in [3.63, 3.8) is 0 Å². The van der Waals surface area contributed by atoms with Gasteiger partial charge in [-0.25, -0.2) is 9.18 Å². The van der Waals surface area contributed by atoms with Crippen LogP contribution in [-0.4, -0.2) is 35.0 Å². The van der Waals surface area contributed by atoms with Gasteiger partial charge in [0, 0.05) is 5.56 Å². The fourth-order valence-electron chi connectivity index (χ4n) is 3.20. The van der Waals surface area contributed by atoms with Gasteiger partial charge in [0.2, 0.25) is 0 Å². The van der Waals surface area contributed by atoms with Crippen molar-refractivity contribution in [1.82, 2.24) is 10.3 Å². The lowest BCUT2D eigenvalue weighted by atomic mass is 9.75. The van der Waals surface area contributed by atoms with Gasteiger partial charge in [0.1, 0.15) is 18.5 Å². The molecule has 1 aromatic heterocycles. The van der Waals surface area contributed by atoms with Crippen molar-refractivity contribution in [2.45, 2.75) is 40.0 Å². The molecule has 0 spiro atoms. The maximum Gasteiger partial charge on any atom is 0.492 e. The number of esters is 1. The molecule has 2 N–H and O–H groups in total. The van der Waals surface area contributed by atoms with Crippen LogP contribution in [0.3, 0.4) is 0 Å². The molecule has 1 amide bonds. The molecule has 1 aromatic carbocycles. The van der Waals surface area contributed by atoms with E-state index >= 15 is 0 Å². The second kappa shape index (κ2) is 8.71. The Hall–Kier alpha value is -2.78. The van der Waals surface area contributed by atoms with E-state index in [4.69, 9.17) is 9.39 Å². The zero-order chi connectivity index (χ0) is 21.1. The SMILES string of the molecule is Cc1c(C(=O)N[C@H](C(=O)OCc2ccc(F)cn2)C(C)C)ccc2c1B(O)OC2. The molecule has 29 heavy (non-hydrogen) atoms. The Morgan fingerprint density at radius 3 is 2.76 bits per heavy atom. The number of nitrogens with one attached hydrogen (secondary N) is 1. The largest absolute Gasteiger partial charge is 0.492 e. The van der Waals surface area contributed by atoms with Crippen LogP contribution in [0, 0.1) is 18.7 Å². The van der Waals surface area contributed by atoms with Crippen LogP contribution in [0.4, 0.5) is 4.39 Å². The number of fused-ring (bicyclic) bond motifs is 1. The minimum atomic E-state index is -1.06. The predicted molar refractivity (Wildman–Crippen MR) is 104 cm³/mol. The summed E-state index contributed by atoms with van der Waals surface area (Å²) in [5.41, 5.74) is 2.78. The van der Waals surface area contributed by atoms with E-state index in [0.29, 0.717) is 22.3 Å². The summed E-state index contributed by atoms with van der Waals surface area (Å²) < 4.78 is 23.4. The van der Waals surface area contributed by atoms with Gasteiger partial charge in [-0.3, -0.25) is 9.78 Å². The number of carbonyl (C=O) groups excluding carboxylic acids is 2. The molecule has 1 atom stereocenters. The van der Waals surface area contributed by atoms with Gasteiger partial charge in [0.15, 0.2) is 0 Å². The number of benzene rings is 1. The van der Waals surface area contributed by atoms with E-state index in [1.807, 2.05) is 0 Å². The molecule has 0 radical (unpaired) electrons. The number of hydrogen-bond acceptors (Lipinski definition) is 6. The Morgan fingerprint density at radius 2 is 2.10 bits per heavy atom. The van der Waals surface area contributed by atoms with E-state index in [1.165, 1.54) is 12.1 Å². The Morgan fingerprint density at radius 1 is 1.34 bits per heavy atom. The Labute approximate surface area is 168 Å². The number of halogens is 1. The van der Waals surface area contributed by atoms with Crippen LogP contribution in [0.2, 0.25) is 0 Å². The smallest absolute Gasteiger partial charge is 0.458 e. The monoisotopic (exact) mass is 400 g/mol. The van der Waals surface area contributed by atoms with E-state index in [-0.39, 0.29) is 19.1 Å². The zero-order valence-electron chi connectivity index (χ0n) is 16.4. The highest BCUT2D eigenvalue weighted by molar-refractivity contribution is 6.62. The summed E-state index contributed by atoms with van der Waals surface area (Å²) in [5, 5.41) is 12.7. The van der Waals surface area contributed by atoms with Gasteiger partial charge in [-0.15, -0.1) is 0 Å². The lowest BCUT2D eigenvalue weighted by Gasteiger charge is -2.21. The third-order valence-electron chi connectivity index (χ3n) is 4.85. The van der Waals surface area contributed by atoms with Crippen molar-refractivity contribution < 1.29 is 28.4 Å². The molecule has 1 aliphatic heterocycles. The van der Waals surface area contributed by atoms with Gasteiger partial charge in [0.05, 0.1) is 18.5 Å². The van der Waals surface area contributed by atoms with Crippen LogP contribution >= 0.6 is 0 Å². The molecule has 152 valence electrons. The maximum absolute atomic E-state index is 12.9. The number of ether oxygens (including phenoxy) is 1. The molecule has 0 bridgehead atoms. The van der Waals surface area contributed by atoms with Crippen molar-refractivity contribution in [3.8, 4) is 0 Å². The van der Waals surface area contributed by atoms with Crippen LogP contribution in [-0.2, 0) is 27.4 Å². The minimum absolute atomic E-state index is 0.125. The summed E-state index contributed by atoms with van der Waals surface area (Å²) in [6, 6.07) is 5.16. The second-order valence-corrected chi connectivity index (χ2v) is 7.24. The van der Waals surface area contributed by atoms with Crippen molar-refractivity contribution >= 4 is 24.5 Å². The first-order chi connectivity index (χ1) is 13.8. The first kappa shape index (κ1) is 20.9. The van der Waals surface area contributed by atoms with Gasteiger partial charge >= 0.3 is 13.1 Å². The number of hydrogen-bond donors (Lipinski definition) is 2. The number of pyridine rings is 1. The van der Waals surface area contributed by atoms with Gasteiger partial charge < -0.3 is 19.7 Å². The molecule has 3 rings (SSSR count). The normalized spacial score (nSPS) is 13.9. The highest BCUT2D eigenvalue weighted by Crippen LogP contribution is 2.17. The molecule has 0 saturated heterocycles. The molecule has 1 aliphatic rings. The quantitative estimate of drug-likeness (QED) is 0.560. The van der Waals surface area contributed by atoms with E-state index < -0.39 is 30.9 Å². The number of nitrogens with zero attached hydrogens (tertiary/aromatic N) is 1. The summed E-state index contributed by atoms with van der Waals surface area (Å²) in [5.74, 6) is -1.76. The van der Waals surface area contributed by atoms with Gasteiger partial charge in [0.25, 0.3) is 5.91 Å². The summed E-state index contributed by atoms with van der Waals surface area (Å²) in [6.45, 7) is 5.47. The summed E-state index contributed by atoms with van der Waals surface area (Å²) in [4.78, 5) is 29.2. The van der Waals surface area contributed by atoms with E-state index in [1.54, 1.807) is 32.9 Å². The number of aromatic nitrogens is 1. The van der Waals surface area contributed by atoms with Crippen LogP contribution in [0.25, 0.3) is 0 Å². The van der Waals surface area contributed by atoms with E-state index in [2.05, 4.69) is 10.3 Å². The molecule has 0 aliphatic carbocycles. The second-order valence-electron chi connectivity index (χ2n) is 7.24. The van der Waals surface area contributed by atoms with Crippen LogP contribution < -0.4 is 10.8 Å². The lowest BCUT2D eigenvalue weighted by molar-refractivity contribution is -0.148. The van der Waals surface area contributed by atoms with Crippen molar-refractivity contribution in [1.29, 1.82) is 0 Å².